The number of hydrogen-bond acceptors (Lipinski definition) is 5. The van der Waals surface area contributed by atoms with Gasteiger partial charge in [0, 0.05) is 31.0 Å². The molecular weight excluding hydrogens is 240 g/mol. The van der Waals surface area contributed by atoms with Gasteiger partial charge in [-0.3, -0.25) is 0 Å². The van der Waals surface area contributed by atoms with Gasteiger partial charge in [0.2, 0.25) is 0 Å². The highest BCUT2D eigenvalue weighted by molar-refractivity contribution is 5.54. The fourth-order valence-corrected chi connectivity index (χ4v) is 1.96. The van der Waals surface area contributed by atoms with Crippen LogP contribution in [0.2, 0.25) is 0 Å². The topological polar surface area (TPSA) is 81.6 Å². The number of anilines is 2. The second-order valence-electron chi connectivity index (χ2n) is 4.42. The highest BCUT2D eigenvalue weighted by Gasteiger charge is 2.07. The first-order chi connectivity index (χ1) is 9.31. The van der Waals surface area contributed by atoms with Crippen LogP contribution in [0, 0.1) is 0 Å². The number of imidazole rings is 1. The molecule has 0 bridgehead atoms. The van der Waals surface area contributed by atoms with Gasteiger partial charge in [0.15, 0.2) is 0 Å². The summed E-state index contributed by atoms with van der Waals surface area (Å²) in [6.45, 7) is 3.91. The average Bonchev–Trinajstić information content (AvgIpc) is 2.91. The maximum absolute atomic E-state index is 5.89. The largest absolute Gasteiger partial charge is 0.383 e. The third-order valence-electron chi connectivity index (χ3n) is 2.92. The molecule has 3 N–H and O–H groups in total. The monoisotopic (exact) mass is 260 g/mol. The smallest absolute Gasteiger partial charge is 0.134 e. The van der Waals surface area contributed by atoms with Crippen LogP contribution in [0.25, 0.3) is 0 Å². The van der Waals surface area contributed by atoms with Crippen LogP contribution >= 0.6 is 0 Å². The second kappa shape index (κ2) is 6.72. The lowest BCUT2D eigenvalue weighted by Crippen LogP contribution is -2.11. The van der Waals surface area contributed by atoms with Crippen molar-refractivity contribution >= 4 is 11.6 Å². The Kier molecular flexibility index (Phi) is 4.72. The first-order valence-electron chi connectivity index (χ1n) is 6.60. The number of nitrogens with one attached hydrogen (secondary N) is 1. The molecule has 102 valence electrons. The van der Waals surface area contributed by atoms with E-state index in [1.807, 2.05) is 12.5 Å². The molecule has 0 aromatic carbocycles. The molecule has 0 aliphatic carbocycles. The first-order valence-corrected chi connectivity index (χ1v) is 6.60. The summed E-state index contributed by atoms with van der Waals surface area (Å²) >= 11 is 0. The molecule has 2 rings (SSSR count). The number of aryl methyl sites for hydroxylation is 1. The van der Waals surface area contributed by atoms with Crippen molar-refractivity contribution in [2.24, 2.45) is 0 Å². The molecule has 2 aromatic rings. The molecule has 6 nitrogen and oxygen atoms in total. The van der Waals surface area contributed by atoms with Crippen LogP contribution in [-0.4, -0.2) is 26.1 Å². The third-order valence-corrected chi connectivity index (χ3v) is 2.92. The fraction of sp³-hybridized carbons (Fsp3) is 0.462. The minimum atomic E-state index is 0.578. The maximum atomic E-state index is 5.89. The van der Waals surface area contributed by atoms with Crippen LogP contribution in [0.5, 0.6) is 0 Å². The van der Waals surface area contributed by atoms with E-state index in [1.165, 1.54) is 6.33 Å². The predicted molar refractivity (Wildman–Crippen MR) is 75.8 cm³/mol. The first kappa shape index (κ1) is 13.3. The molecule has 19 heavy (non-hydrogen) atoms. The van der Waals surface area contributed by atoms with Crippen molar-refractivity contribution < 1.29 is 0 Å². The van der Waals surface area contributed by atoms with Gasteiger partial charge in [0.25, 0.3) is 0 Å². The lowest BCUT2D eigenvalue weighted by molar-refractivity contribution is 0.659. The van der Waals surface area contributed by atoms with Gasteiger partial charge in [-0.05, 0) is 12.8 Å². The van der Waals surface area contributed by atoms with Crippen LogP contribution in [0.15, 0.2) is 25.0 Å². The zero-order valence-corrected chi connectivity index (χ0v) is 11.2. The SMILES string of the molecule is CCCc1c(N)ncnc1NCCCn1ccnc1. The molecule has 0 saturated heterocycles. The Hall–Kier alpha value is -2.11. The Bertz CT molecular complexity index is 494. The molecule has 0 saturated carbocycles. The molecule has 2 heterocycles. The average molecular weight is 260 g/mol. The number of rotatable bonds is 7. The molecule has 0 aliphatic heterocycles. The van der Waals surface area contributed by atoms with E-state index in [4.69, 9.17) is 5.73 Å². The summed E-state index contributed by atoms with van der Waals surface area (Å²) in [5.41, 5.74) is 6.91. The van der Waals surface area contributed by atoms with Crippen molar-refractivity contribution in [2.75, 3.05) is 17.6 Å². The highest BCUT2D eigenvalue weighted by atomic mass is 15.0. The van der Waals surface area contributed by atoms with Gasteiger partial charge >= 0.3 is 0 Å². The van der Waals surface area contributed by atoms with Gasteiger partial charge < -0.3 is 15.6 Å². The van der Waals surface area contributed by atoms with Crippen molar-refractivity contribution in [2.45, 2.75) is 32.7 Å². The van der Waals surface area contributed by atoms with Gasteiger partial charge in [-0.15, -0.1) is 0 Å². The molecule has 0 atom stereocenters. The van der Waals surface area contributed by atoms with Crippen LogP contribution < -0.4 is 11.1 Å². The fourth-order valence-electron chi connectivity index (χ4n) is 1.96. The summed E-state index contributed by atoms with van der Waals surface area (Å²) in [7, 11) is 0. The highest BCUT2D eigenvalue weighted by Crippen LogP contribution is 2.18. The molecule has 6 heteroatoms. The molecule has 0 amide bonds. The minimum Gasteiger partial charge on any atom is -0.383 e. The molecule has 2 aromatic heterocycles. The number of hydrogen-bond donors (Lipinski definition) is 2. The number of nitrogen functional groups attached to an aromatic ring is 1. The van der Waals surface area contributed by atoms with E-state index < -0.39 is 0 Å². The van der Waals surface area contributed by atoms with Gasteiger partial charge in [-0.1, -0.05) is 13.3 Å². The standard InChI is InChI=1S/C13H20N6/c1-2-4-11-12(14)17-9-18-13(11)16-5-3-7-19-8-6-15-10-19/h6,8-10H,2-5,7H2,1H3,(H3,14,16,17,18). The summed E-state index contributed by atoms with van der Waals surface area (Å²) in [4.78, 5) is 12.3. The lowest BCUT2D eigenvalue weighted by atomic mass is 10.1. The van der Waals surface area contributed by atoms with Gasteiger partial charge in [0.1, 0.15) is 18.0 Å². The zero-order chi connectivity index (χ0) is 13.5. The number of aromatic nitrogens is 4. The van der Waals surface area contributed by atoms with E-state index in [0.29, 0.717) is 5.82 Å². The normalized spacial score (nSPS) is 10.6. The van der Waals surface area contributed by atoms with Crippen molar-refractivity contribution in [3.63, 3.8) is 0 Å². The number of nitrogens with zero attached hydrogens (tertiary/aromatic N) is 4. The summed E-state index contributed by atoms with van der Waals surface area (Å²) < 4.78 is 2.06. The van der Waals surface area contributed by atoms with E-state index in [9.17, 15) is 0 Å². The Labute approximate surface area is 113 Å². The summed E-state index contributed by atoms with van der Waals surface area (Å²) in [5, 5.41) is 3.34. The van der Waals surface area contributed by atoms with Gasteiger partial charge in [-0.2, -0.15) is 0 Å². The zero-order valence-electron chi connectivity index (χ0n) is 11.2. The van der Waals surface area contributed by atoms with E-state index in [2.05, 4.69) is 31.8 Å². The van der Waals surface area contributed by atoms with Crippen molar-refractivity contribution in [1.82, 2.24) is 19.5 Å². The van der Waals surface area contributed by atoms with Crippen molar-refractivity contribution in [3.8, 4) is 0 Å². The Balaban J connectivity index is 1.86. The lowest BCUT2D eigenvalue weighted by Gasteiger charge is -2.11. The molecule has 0 radical (unpaired) electrons. The molecule has 0 fully saturated rings. The Morgan fingerprint density at radius 3 is 3.00 bits per heavy atom. The van der Waals surface area contributed by atoms with Gasteiger partial charge in [-0.25, -0.2) is 15.0 Å². The van der Waals surface area contributed by atoms with E-state index >= 15 is 0 Å². The van der Waals surface area contributed by atoms with E-state index in [-0.39, 0.29) is 0 Å². The summed E-state index contributed by atoms with van der Waals surface area (Å²) in [5.74, 6) is 1.44. The Morgan fingerprint density at radius 1 is 1.37 bits per heavy atom. The van der Waals surface area contributed by atoms with Crippen molar-refractivity contribution in [3.05, 3.63) is 30.6 Å². The maximum Gasteiger partial charge on any atom is 0.134 e. The minimum absolute atomic E-state index is 0.578. The van der Waals surface area contributed by atoms with Crippen LogP contribution in [-0.2, 0) is 13.0 Å². The van der Waals surface area contributed by atoms with Crippen molar-refractivity contribution in [1.29, 1.82) is 0 Å². The van der Waals surface area contributed by atoms with E-state index in [1.54, 1.807) is 6.20 Å². The quantitative estimate of drug-likeness (QED) is 0.741. The van der Waals surface area contributed by atoms with E-state index in [0.717, 1.165) is 43.7 Å². The summed E-state index contributed by atoms with van der Waals surface area (Å²) in [6.07, 6.45) is 10.0. The molecule has 0 aliphatic rings. The Morgan fingerprint density at radius 2 is 2.26 bits per heavy atom. The number of nitrogens with two attached hydrogens (primary N) is 1. The summed E-state index contributed by atoms with van der Waals surface area (Å²) in [6, 6.07) is 0. The molecular formula is C13H20N6. The third kappa shape index (κ3) is 3.67. The van der Waals surface area contributed by atoms with Crippen LogP contribution in [0.1, 0.15) is 25.3 Å². The van der Waals surface area contributed by atoms with Crippen LogP contribution in [0.3, 0.4) is 0 Å². The van der Waals surface area contributed by atoms with Crippen LogP contribution in [0.4, 0.5) is 11.6 Å². The predicted octanol–water partition coefficient (Wildman–Crippen LogP) is 1.71. The second-order valence-corrected chi connectivity index (χ2v) is 4.42. The van der Waals surface area contributed by atoms with Gasteiger partial charge in [0.05, 0.1) is 6.33 Å². The molecule has 0 spiro atoms. The molecule has 0 unspecified atom stereocenters.